The van der Waals surface area contributed by atoms with Crippen LogP contribution in [-0.2, 0) is 4.74 Å². The third-order valence-electron chi connectivity index (χ3n) is 5.14. The van der Waals surface area contributed by atoms with Crippen molar-refractivity contribution in [1.29, 1.82) is 0 Å². The number of rotatable bonds is 7. The summed E-state index contributed by atoms with van der Waals surface area (Å²) in [6.45, 7) is 9.21. The molecule has 4 rings (SSSR count). The molecule has 0 aromatic carbocycles. The van der Waals surface area contributed by atoms with Crippen LogP contribution in [0.2, 0.25) is 0 Å². The quantitative estimate of drug-likeness (QED) is 0.597. The third-order valence-corrected chi connectivity index (χ3v) is 6.17. The number of nitrogens with zero attached hydrogens (tertiary/aromatic N) is 3. The minimum Gasteiger partial charge on any atom is -0.379 e. The molecule has 3 aromatic heterocycles. The Hall–Kier alpha value is -2.29. The summed E-state index contributed by atoms with van der Waals surface area (Å²) in [4.78, 5) is 22.1. The van der Waals surface area contributed by atoms with E-state index in [4.69, 9.17) is 9.26 Å². The fraction of sp³-hybridized carbons (Fsp3) is 0.476. The smallest absolute Gasteiger partial charge is 0.259 e. The maximum absolute atomic E-state index is 12.9. The molecule has 1 fully saturated rings. The molecule has 4 heterocycles. The number of carbonyl (C=O) groups excluding carboxylic acids is 1. The number of hydrogen-bond donors (Lipinski definition) is 1. The number of hydrogen-bond acceptors (Lipinski definition) is 7. The molecule has 0 aliphatic carbocycles. The van der Waals surface area contributed by atoms with Gasteiger partial charge in [0.1, 0.15) is 0 Å². The van der Waals surface area contributed by atoms with Crippen molar-refractivity contribution in [1.82, 2.24) is 20.4 Å². The maximum Gasteiger partial charge on any atom is 0.259 e. The van der Waals surface area contributed by atoms with Gasteiger partial charge in [-0.3, -0.25) is 9.69 Å². The summed E-state index contributed by atoms with van der Waals surface area (Å²) in [5, 5.41) is 7.75. The molecule has 1 aliphatic rings. The zero-order valence-corrected chi connectivity index (χ0v) is 17.7. The van der Waals surface area contributed by atoms with Gasteiger partial charge in [0.15, 0.2) is 0 Å². The first-order chi connectivity index (χ1) is 14.1. The van der Waals surface area contributed by atoms with E-state index >= 15 is 0 Å². The van der Waals surface area contributed by atoms with Crippen molar-refractivity contribution in [2.75, 3.05) is 39.4 Å². The Morgan fingerprint density at radius 2 is 2.07 bits per heavy atom. The highest BCUT2D eigenvalue weighted by molar-refractivity contribution is 7.15. The predicted octanol–water partition coefficient (Wildman–Crippen LogP) is 3.41. The number of unbranched alkanes of at least 4 members (excludes halogenated alkanes) is 1. The Labute approximate surface area is 174 Å². The normalized spacial score (nSPS) is 15.1. The van der Waals surface area contributed by atoms with E-state index in [2.05, 4.69) is 27.3 Å². The highest BCUT2D eigenvalue weighted by atomic mass is 32.1. The van der Waals surface area contributed by atoms with Gasteiger partial charge in [-0.05, 0) is 51.4 Å². The van der Waals surface area contributed by atoms with Gasteiger partial charge in [0, 0.05) is 24.5 Å². The topological polar surface area (TPSA) is 80.5 Å². The Morgan fingerprint density at radius 1 is 1.24 bits per heavy atom. The summed E-state index contributed by atoms with van der Waals surface area (Å²) in [6, 6.07) is 5.91. The maximum atomic E-state index is 12.9. The van der Waals surface area contributed by atoms with Gasteiger partial charge in [0.05, 0.1) is 40.4 Å². The lowest BCUT2D eigenvalue weighted by Crippen LogP contribution is -2.37. The van der Waals surface area contributed by atoms with Crippen molar-refractivity contribution in [3.8, 4) is 10.6 Å². The summed E-state index contributed by atoms with van der Waals surface area (Å²) in [6.07, 6.45) is 2.00. The van der Waals surface area contributed by atoms with Gasteiger partial charge >= 0.3 is 0 Å². The van der Waals surface area contributed by atoms with Crippen LogP contribution in [0.5, 0.6) is 0 Å². The van der Waals surface area contributed by atoms with Gasteiger partial charge in [-0.25, -0.2) is 4.98 Å². The minimum absolute atomic E-state index is 0.107. The Kier molecular flexibility index (Phi) is 6.22. The van der Waals surface area contributed by atoms with E-state index in [1.807, 2.05) is 25.1 Å². The fourth-order valence-corrected chi connectivity index (χ4v) is 4.38. The van der Waals surface area contributed by atoms with Crippen LogP contribution in [0, 0.1) is 13.8 Å². The van der Waals surface area contributed by atoms with Crippen molar-refractivity contribution in [2.45, 2.75) is 26.7 Å². The van der Waals surface area contributed by atoms with Gasteiger partial charge in [-0.15, -0.1) is 11.3 Å². The largest absolute Gasteiger partial charge is 0.379 e. The van der Waals surface area contributed by atoms with Crippen LogP contribution in [0.4, 0.5) is 0 Å². The molecule has 8 heteroatoms. The lowest BCUT2D eigenvalue weighted by atomic mass is 10.1. The summed E-state index contributed by atoms with van der Waals surface area (Å²) < 4.78 is 10.7. The second kappa shape index (κ2) is 9.02. The van der Waals surface area contributed by atoms with Crippen molar-refractivity contribution < 1.29 is 14.1 Å². The number of carbonyl (C=O) groups is 1. The number of ether oxygens (including phenoxy) is 1. The van der Waals surface area contributed by atoms with Gasteiger partial charge in [0.25, 0.3) is 11.6 Å². The van der Waals surface area contributed by atoms with Gasteiger partial charge < -0.3 is 14.6 Å². The molecule has 154 valence electrons. The summed E-state index contributed by atoms with van der Waals surface area (Å²) in [5.74, 6) is -0.107. The number of morpholine rings is 1. The van der Waals surface area contributed by atoms with E-state index in [1.165, 1.54) is 4.88 Å². The molecular weight excluding hydrogens is 388 g/mol. The number of aryl methyl sites for hydroxylation is 2. The van der Waals surface area contributed by atoms with Crippen molar-refractivity contribution in [3.63, 3.8) is 0 Å². The van der Waals surface area contributed by atoms with Crippen LogP contribution in [0.25, 0.3) is 21.7 Å². The summed E-state index contributed by atoms with van der Waals surface area (Å²) in [5.41, 5.74) is 2.40. The molecular formula is C21H26N4O3S. The number of nitrogens with one attached hydrogen (secondary N) is 1. The number of fused-ring (bicyclic) bond motifs is 1. The van der Waals surface area contributed by atoms with Crippen molar-refractivity contribution in [2.24, 2.45) is 0 Å². The summed E-state index contributed by atoms with van der Waals surface area (Å²) in [7, 11) is 0. The zero-order valence-electron chi connectivity index (χ0n) is 16.9. The minimum atomic E-state index is -0.107. The average molecular weight is 415 g/mol. The third kappa shape index (κ3) is 4.66. The first-order valence-corrected chi connectivity index (χ1v) is 10.9. The molecule has 29 heavy (non-hydrogen) atoms. The molecule has 7 nitrogen and oxygen atoms in total. The van der Waals surface area contributed by atoms with E-state index in [0.29, 0.717) is 28.9 Å². The van der Waals surface area contributed by atoms with Crippen LogP contribution in [-0.4, -0.2) is 60.3 Å². The summed E-state index contributed by atoms with van der Waals surface area (Å²) >= 11 is 1.64. The van der Waals surface area contributed by atoms with Crippen LogP contribution in [0.1, 0.15) is 33.8 Å². The van der Waals surface area contributed by atoms with Crippen molar-refractivity contribution >= 4 is 28.3 Å². The van der Waals surface area contributed by atoms with Crippen LogP contribution >= 0.6 is 11.3 Å². The highest BCUT2D eigenvalue weighted by Gasteiger charge is 2.19. The monoisotopic (exact) mass is 414 g/mol. The van der Waals surface area contributed by atoms with Gasteiger partial charge in [-0.1, -0.05) is 5.16 Å². The molecule has 1 aliphatic heterocycles. The van der Waals surface area contributed by atoms with E-state index in [-0.39, 0.29) is 5.91 Å². The number of amides is 1. The fourth-order valence-electron chi connectivity index (χ4n) is 3.55. The molecule has 0 atom stereocenters. The predicted molar refractivity (Wildman–Crippen MR) is 113 cm³/mol. The molecule has 1 amide bonds. The Balaban J connectivity index is 1.42. The van der Waals surface area contributed by atoms with Crippen LogP contribution in [0.3, 0.4) is 0 Å². The standard InChI is InChI=1S/C21H26N4O3S/c1-14-5-6-18(29-14)17-13-16(19-15(2)24-28-21(19)23-17)20(26)22-7-3-4-8-25-9-11-27-12-10-25/h5-6,13H,3-4,7-12H2,1-2H3,(H,22,26). The highest BCUT2D eigenvalue weighted by Crippen LogP contribution is 2.31. The van der Waals surface area contributed by atoms with Crippen LogP contribution < -0.4 is 5.32 Å². The van der Waals surface area contributed by atoms with Crippen molar-refractivity contribution in [3.05, 3.63) is 34.3 Å². The lowest BCUT2D eigenvalue weighted by molar-refractivity contribution is 0.0372. The second-order valence-electron chi connectivity index (χ2n) is 7.33. The first kappa shape index (κ1) is 20.0. The Morgan fingerprint density at radius 3 is 2.83 bits per heavy atom. The second-order valence-corrected chi connectivity index (χ2v) is 8.62. The number of aromatic nitrogens is 2. The molecule has 0 spiro atoms. The van der Waals surface area contributed by atoms with E-state index < -0.39 is 0 Å². The van der Waals surface area contributed by atoms with E-state index in [0.717, 1.165) is 56.3 Å². The first-order valence-electron chi connectivity index (χ1n) is 10.0. The Bertz CT molecular complexity index is 991. The number of pyridine rings is 1. The van der Waals surface area contributed by atoms with Gasteiger partial charge in [-0.2, -0.15) is 0 Å². The number of thiophene rings is 1. The zero-order chi connectivity index (χ0) is 20.2. The molecule has 0 saturated carbocycles. The average Bonchev–Trinajstić information content (AvgIpc) is 3.33. The molecule has 3 aromatic rings. The van der Waals surface area contributed by atoms with Crippen LogP contribution in [0.15, 0.2) is 22.7 Å². The lowest BCUT2D eigenvalue weighted by Gasteiger charge is -2.26. The SMILES string of the molecule is Cc1ccc(-c2cc(C(=O)NCCCCN3CCOCC3)c3c(C)noc3n2)s1. The van der Waals surface area contributed by atoms with E-state index in [1.54, 1.807) is 11.3 Å². The van der Waals surface area contributed by atoms with Gasteiger partial charge in [0.2, 0.25) is 0 Å². The molecule has 0 radical (unpaired) electrons. The molecule has 1 saturated heterocycles. The molecule has 0 bridgehead atoms. The molecule has 0 unspecified atom stereocenters. The van der Waals surface area contributed by atoms with E-state index in [9.17, 15) is 4.79 Å². The molecule has 1 N–H and O–H groups in total.